The zero-order chi connectivity index (χ0) is 23.0. The molecule has 1 aliphatic rings. The van der Waals surface area contributed by atoms with Gasteiger partial charge < -0.3 is 0 Å². The van der Waals surface area contributed by atoms with Crippen LogP contribution >= 0.6 is 0 Å². The first-order valence-corrected chi connectivity index (χ1v) is 11.7. The quantitative estimate of drug-likeness (QED) is 0.496. The predicted octanol–water partition coefficient (Wildman–Crippen LogP) is 3.87. The lowest BCUT2D eigenvalue weighted by molar-refractivity contribution is 0.0994. The van der Waals surface area contributed by atoms with Gasteiger partial charge >= 0.3 is 0 Å². The molecule has 7 heteroatoms. The second-order valence-corrected chi connectivity index (χ2v) is 10.4. The molecule has 2 heterocycles. The maximum Gasteiger partial charge on any atom is 0.142 e. The van der Waals surface area contributed by atoms with Crippen molar-refractivity contribution in [1.82, 2.24) is 29.7 Å². The van der Waals surface area contributed by atoms with Crippen LogP contribution in [-0.2, 0) is 19.5 Å². The molecule has 32 heavy (non-hydrogen) atoms. The number of nitrogens with zero attached hydrogens (tertiary/aromatic N) is 7. The third-order valence-electron chi connectivity index (χ3n) is 5.80. The van der Waals surface area contributed by atoms with Gasteiger partial charge in [-0.1, -0.05) is 34.1 Å². The fourth-order valence-corrected chi connectivity index (χ4v) is 4.26. The molecule has 0 bridgehead atoms. The highest BCUT2D eigenvalue weighted by Gasteiger charge is 2.27. The van der Waals surface area contributed by atoms with E-state index in [1.165, 1.54) is 19.3 Å². The number of hydrogen-bond acceptors (Lipinski definition) is 7. The van der Waals surface area contributed by atoms with Gasteiger partial charge in [-0.25, -0.2) is 19.9 Å². The lowest BCUT2D eigenvalue weighted by Crippen LogP contribution is -2.42. The van der Waals surface area contributed by atoms with E-state index >= 15 is 0 Å². The average Bonchev–Trinajstić information content (AvgIpc) is 2.68. The summed E-state index contributed by atoms with van der Waals surface area (Å²) in [6.07, 6.45) is 12.4. The maximum absolute atomic E-state index is 9.14. The number of rotatable bonds is 11. The van der Waals surface area contributed by atoms with E-state index in [-0.39, 0.29) is 5.41 Å². The third-order valence-corrected chi connectivity index (χ3v) is 5.80. The summed E-state index contributed by atoms with van der Waals surface area (Å²) in [6.45, 7) is 12.5. The molecular formula is C25H37N7. The highest BCUT2D eigenvalue weighted by molar-refractivity contribution is 5.07. The summed E-state index contributed by atoms with van der Waals surface area (Å²) >= 11 is 0. The molecule has 1 aliphatic carbocycles. The van der Waals surface area contributed by atoms with Gasteiger partial charge in [-0.05, 0) is 42.2 Å². The Morgan fingerprint density at radius 3 is 2.28 bits per heavy atom. The SMILES string of the molecule is CC(Cc1cnc(CN(CC#N)CC(C)(C)C)nc1)CN(Cc1ncccn1)C1CCC1. The Bertz CT molecular complexity index is 851. The van der Waals surface area contributed by atoms with Crippen LogP contribution in [0.4, 0.5) is 0 Å². The number of aromatic nitrogens is 4. The molecule has 0 radical (unpaired) electrons. The summed E-state index contributed by atoms with van der Waals surface area (Å²) < 4.78 is 0. The topological polar surface area (TPSA) is 81.8 Å². The summed E-state index contributed by atoms with van der Waals surface area (Å²) in [5.41, 5.74) is 1.29. The van der Waals surface area contributed by atoms with Gasteiger partial charge in [-0.2, -0.15) is 5.26 Å². The van der Waals surface area contributed by atoms with Crippen LogP contribution < -0.4 is 0 Å². The zero-order valence-corrected chi connectivity index (χ0v) is 20.0. The van der Waals surface area contributed by atoms with Gasteiger partial charge in [-0.15, -0.1) is 0 Å². The van der Waals surface area contributed by atoms with Gasteiger partial charge in [0.1, 0.15) is 11.6 Å². The van der Waals surface area contributed by atoms with E-state index in [0.717, 1.165) is 43.3 Å². The molecule has 7 nitrogen and oxygen atoms in total. The minimum atomic E-state index is 0.128. The third kappa shape index (κ3) is 7.92. The van der Waals surface area contributed by atoms with Gasteiger partial charge in [0.25, 0.3) is 0 Å². The van der Waals surface area contributed by atoms with Gasteiger partial charge in [0.05, 0.1) is 25.7 Å². The van der Waals surface area contributed by atoms with Crippen molar-refractivity contribution in [3.05, 3.63) is 48.1 Å². The Hall–Kier alpha value is -2.43. The maximum atomic E-state index is 9.14. The largest absolute Gasteiger partial charge is 0.293 e. The molecule has 0 spiro atoms. The van der Waals surface area contributed by atoms with Crippen molar-refractivity contribution in [3.8, 4) is 6.07 Å². The molecule has 0 N–H and O–H groups in total. The molecule has 2 aromatic heterocycles. The molecule has 172 valence electrons. The fraction of sp³-hybridized carbons (Fsp3) is 0.640. The summed E-state index contributed by atoms with van der Waals surface area (Å²) in [4.78, 5) is 22.7. The van der Waals surface area contributed by atoms with Crippen molar-refractivity contribution < 1.29 is 0 Å². The van der Waals surface area contributed by atoms with Crippen LogP contribution in [0.5, 0.6) is 0 Å². The van der Waals surface area contributed by atoms with Gasteiger partial charge in [-0.3, -0.25) is 9.80 Å². The number of nitriles is 1. The lowest BCUT2D eigenvalue weighted by Gasteiger charge is -2.38. The Kier molecular flexibility index (Phi) is 8.66. The first kappa shape index (κ1) is 24.2. The molecule has 2 aromatic rings. The molecule has 0 aromatic carbocycles. The molecule has 0 aliphatic heterocycles. The van der Waals surface area contributed by atoms with E-state index in [1.807, 2.05) is 30.9 Å². The molecule has 0 saturated heterocycles. The van der Waals surface area contributed by atoms with Crippen molar-refractivity contribution in [3.63, 3.8) is 0 Å². The molecule has 1 atom stereocenters. The minimum Gasteiger partial charge on any atom is -0.293 e. The van der Waals surface area contributed by atoms with E-state index in [0.29, 0.717) is 25.0 Å². The minimum absolute atomic E-state index is 0.128. The standard InChI is InChI=1S/C25H37N7/c1-20(16-32(22-7-5-8-22)18-24-27-10-6-11-28-24)13-21-14-29-23(30-15-21)17-31(12-9-26)19-25(2,3)4/h6,10-11,14-15,20,22H,5,7-8,12-13,16-19H2,1-4H3. The first-order valence-electron chi connectivity index (χ1n) is 11.7. The molecule has 0 amide bonds. The van der Waals surface area contributed by atoms with Crippen LogP contribution in [0, 0.1) is 22.7 Å². The van der Waals surface area contributed by atoms with Gasteiger partial charge in [0.2, 0.25) is 0 Å². The fourth-order valence-electron chi connectivity index (χ4n) is 4.26. The summed E-state index contributed by atoms with van der Waals surface area (Å²) in [7, 11) is 0. The van der Waals surface area contributed by atoms with Crippen LogP contribution in [0.3, 0.4) is 0 Å². The normalized spacial score (nSPS) is 15.5. The highest BCUT2D eigenvalue weighted by atomic mass is 15.2. The van der Waals surface area contributed by atoms with E-state index in [9.17, 15) is 0 Å². The second kappa shape index (κ2) is 11.4. The Morgan fingerprint density at radius 1 is 1.06 bits per heavy atom. The monoisotopic (exact) mass is 435 g/mol. The lowest BCUT2D eigenvalue weighted by atomic mass is 9.90. The van der Waals surface area contributed by atoms with E-state index in [2.05, 4.69) is 63.5 Å². The smallest absolute Gasteiger partial charge is 0.142 e. The van der Waals surface area contributed by atoms with E-state index in [1.54, 1.807) is 0 Å². The van der Waals surface area contributed by atoms with Crippen molar-refractivity contribution in [2.75, 3.05) is 19.6 Å². The van der Waals surface area contributed by atoms with Crippen LogP contribution in [0.15, 0.2) is 30.9 Å². The van der Waals surface area contributed by atoms with Crippen LogP contribution in [0.2, 0.25) is 0 Å². The van der Waals surface area contributed by atoms with E-state index < -0.39 is 0 Å². The molecule has 1 unspecified atom stereocenters. The van der Waals surface area contributed by atoms with Crippen LogP contribution in [0.25, 0.3) is 0 Å². The second-order valence-electron chi connectivity index (χ2n) is 10.4. The predicted molar refractivity (Wildman–Crippen MR) is 125 cm³/mol. The van der Waals surface area contributed by atoms with Crippen molar-refractivity contribution in [2.45, 2.75) is 72.5 Å². The number of hydrogen-bond donors (Lipinski definition) is 0. The first-order chi connectivity index (χ1) is 15.3. The van der Waals surface area contributed by atoms with Gasteiger partial charge in [0.15, 0.2) is 0 Å². The summed E-state index contributed by atoms with van der Waals surface area (Å²) in [6, 6.07) is 4.77. The summed E-state index contributed by atoms with van der Waals surface area (Å²) in [5, 5.41) is 9.14. The van der Waals surface area contributed by atoms with E-state index in [4.69, 9.17) is 5.26 Å². The van der Waals surface area contributed by atoms with Gasteiger partial charge in [0, 0.05) is 43.9 Å². The molecule has 3 rings (SSSR count). The molecule has 1 fully saturated rings. The Morgan fingerprint density at radius 2 is 1.72 bits per heavy atom. The highest BCUT2D eigenvalue weighted by Crippen LogP contribution is 2.27. The zero-order valence-electron chi connectivity index (χ0n) is 20.0. The summed E-state index contributed by atoms with van der Waals surface area (Å²) in [5.74, 6) is 2.17. The Labute approximate surface area is 192 Å². The molecule has 1 saturated carbocycles. The van der Waals surface area contributed by atoms with Crippen LogP contribution in [-0.4, -0.2) is 55.4 Å². The molecular weight excluding hydrogens is 398 g/mol. The average molecular weight is 436 g/mol. The van der Waals surface area contributed by atoms with Crippen molar-refractivity contribution in [2.24, 2.45) is 11.3 Å². The van der Waals surface area contributed by atoms with Crippen molar-refractivity contribution >= 4 is 0 Å². The van der Waals surface area contributed by atoms with Crippen LogP contribution in [0.1, 0.15) is 64.2 Å². The Balaban J connectivity index is 1.54. The van der Waals surface area contributed by atoms with Crippen molar-refractivity contribution in [1.29, 1.82) is 5.26 Å².